The number of amides is 1. The van der Waals surface area contributed by atoms with Gasteiger partial charge in [0.1, 0.15) is 0 Å². The molecule has 0 saturated carbocycles. The molecule has 0 aliphatic carbocycles. The fourth-order valence-electron chi connectivity index (χ4n) is 1.95. The summed E-state index contributed by atoms with van der Waals surface area (Å²) >= 11 is 5.89. The van der Waals surface area contributed by atoms with Gasteiger partial charge < -0.3 is 5.32 Å². The van der Waals surface area contributed by atoms with Gasteiger partial charge in [-0.05, 0) is 37.1 Å². The van der Waals surface area contributed by atoms with Crippen LogP contribution in [0.15, 0.2) is 18.2 Å². The van der Waals surface area contributed by atoms with E-state index in [9.17, 15) is 4.79 Å². The zero-order valence-electron chi connectivity index (χ0n) is 8.23. The largest absolute Gasteiger partial charge is 0.347 e. The fraction of sp³-hybridized carbons (Fsp3) is 0.364. The Bertz CT molecular complexity index is 398. The fourth-order valence-corrected chi connectivity index (χ4v) is 2.15. The Morgan fingerprint density at radius 1 is 1.43 bits per heavy atom. The van der Waals surface area contributed by atoms with Crippen molar-refractivity contribution in [3.8, 4) is 0 Å². The molecule has 0 aromatic heterocycles. The molecular formula is C11H12ClNO. The van der Waals surface area contributed by atoms with Crippen molar-refractivity contribution >= 4 is 17.5 Å². The molecule has 2 rings (SSSR count). The van der Waals surface area contributed by atoms with Crippen LogP contribution in [0.4, 0.5) is 0 Å². The lowest BCUT2D eigenvalue weighted by Gasteiger charge is -2.33. The first-order chi connectivity index (χ1) is 6.49. The summed E-state index contributed by atoms with van der Waals surface area (Å²) in [7, 11) is 0. The molecule has 1 heterocycles. The maximum atomic E-state index is 11.4. The summed E-state index contributed by atoms with van der Waals surface area (Å²) in [6, 6.07) is 5.72. The molecule has 2 nitrogen and oxygen atoms in total. The second kappa shape index (κ2) is 2.99. The minimum atomic E-state index is -0.282. The number of hydrogen-bond donors (Lipinski definition) is 1. The molecule has 1 amide bonds. The number of nitrogens with one attached hydrogen (secondary N) is 1. The summed E-state index contributed by atoms with van der Waals surface area (Å²) in [5.41, 5.74) is 1.91. The number of hydrogen-bond acceptors (Lipinski definition) is 1. The molecule has 0 unspecified atom stereocenters. The molecule has 1 aromatic rings. The summed E-state index contributed by atoms with van der Waals surface area (Å²) in [6.45, 7) is 3.99. The number of carbonyl (C=O) groups excluding carboxylic acids is 1. The third-order valence-electron chi connectivity index (χ3n) is 2.54. The van der Waals surface area contributed by atoms with Crippen molar-refractivity contribution in [1.82, 2.24) is 5.32 Å². The van der Waals surface area contributed by atoms with E-state index in [-0.39, 0.29) is 11.4 Å². The van der Waals surface area contributed by atoms with E-state index >= 15 is 0 Å². The van der Waals surface area contributed by atoms with E-state index in [1.54, 1.807) is 0 Å². The summed E-state index contributed by atoms with van der Waals surface area (Å²) in [5.74, 6) is 0.0600. The van der Waals surface area contributed by atoms with Crippen molar-refractivity contribution in [2.45, 2.75) is 25.8 Å². The third kappa shape index (κ3) is 1.50. The van der Waals surface area contributed by atoms with Crippen LogP contribution >= 0.6 is 11.6 Å². The quantitative estimate of drug-likeness (QED) is 0.698. The molecule has 14 heavy (non-hydrogen) atoms. The second-order valence-electron chi connectivity index (χ2n) is 4.15. The van der Waals surface area contributed by atoms with Crippen LogP contribution in [0.1, 0.15) is 25.0 Å². The molecule has 1 aromatic carbocycles. The first-order valence-corrected chi connectivity index (χ1v) is 4.97. The lowest BCUT2D eigenvalue weighted by atomic mass is 9.85. The molecule has 0 atom stereocenters. The minimum absolute atomic E-state index is 0.0600. The number of carbonyl (C=O) groups is 1. The zero-order valence-corrected chi connectivity index (χ0v) is 8.98. The Labute approximate surface area is 88.3 Å². The molecule has 0 saturated heterocycles. The highest BCUT2D eigenvalue weighted by atomic mass is 35.5. The number of fused-ring (bicyclic) bond motifs is 1. The standard InChI is InChI=1S/C11H12ClNO/c1-11(2)9-4-3-8(12)5-7(9)6-10(14)13-11/h3-5H,6H2,1-2H3,(H,13,14). The summed E-state index contributed by atoms with van der Waals surface area (Å²) in [6.07, 6.45) is 0.430. The van der Waals surface area contributed by atoms with Crippen LogP contribution in [0.25, 0.3) is 0 Å². The average molecular weight is 210 g/mol. The van der Waals surface area contributed by atoms with E-state index in [0.717, 1.165) is 11.1 Å². The monoisotopic (exact) mass is 209 g/mol. The van der Waals surface area contributed by atoms with Crippen LogP contribution in [0.3, 0.4) is 0 Å². The average Bonchev–Trinajstić information content (AvgIpc) is 2.00. The molecule has 1 aliphatic rings. The zero-order chi connectivity index (χ0) is 10.3. The van der Waals surface area contributed by atoms with Crippen LogP contribution in [0, 0.1) is 0 Å². The number of halogens is 1. The Morgan fingerprint density at radius 3 is 2.86 bits per heavy atom. The normalized spacial score (nSPS) is 18.6. The maximum absolute atomic E-state index is 11.4. The van der Waals surface area contributed by atoms with Gasteiger partial charge >= 0.3 is 0 Å². The van der Waals surface area contributed by atoms with Crippen molar-refractivity contribution < 1.29 is 4.79 Å². The predicted octanol–water partition coefficient (Wildman–Crippen LogP) is 2.25. The van der Waals surface area contributed by atoms with Gasteiger partial charge in [-0.1, -0.05) is 17.7 Å². The Balaban J connectivity index is 2.57. The van der Waals surface area contributed by atoms with Crippen LogP contribution < -0.4 is 5.32 Å². The first kappa shape index (κ1) is 9.53. The molecular weight excluding hydrogens is 198 g/mol. The van der Waals surface area contributed by atoms with Crippen molar-refractivity contribution in [1.29, 1.82) is 0 Å². The van der Waals surface area contributed by atoms with Gasteiger partial charge in [0.05, 0.1) is 12.0 Å². The lowest BCUT2D eigenvalue weighted by Crippen LogP contribution is -2.46. The van der Waals surface area contributed by atoms with Crippen LogP contribution in [-0.2, 0) is 16.8 Å². The van der Waals surface area contributed by atoms with Gasteiger partial charge in [0.15, 0.2) is 0 Å². The molecule has 3 heteroatoms. The third-order valence-corrected chi connectivity index (χ3v) is 2.78. The summed E-state index contributed by atoms with van der Waals surface area (Å²) in [5, 5.41) is 3.64. The van der Waals surface area contributed by atoms with Gasteiger partial charge in [-0.3, -0.25) is 4.79 Å². The highest BCUT2D eigenvalue weighted by Gasteiger charge is 2.30. The lowest BCUT2D eigenvalue weighted by molar-refractivity contribution is -0.122. The highest BCUT2D eigenvalue weighted by molar-refractivity contribution is 6.30. The van der Waals surface area contributed by atoms with Crippen molar-refractivity contribution in [3.05, 3.63) is 34.3 Å². The van der Waals surface area contributed by atoms with Crippen molar-refractivity contribution in [2.24, 2.45) is 0 Å². The van der Waals surface area contributed by atoms with E-state index < -0.39 is 0 Å². The van der Waals surface area contributed by atoms with E-state index in [1.165, 1.54) is 0 Å². The Hall–Kier alpha value is -1.02. The van der Waals surface area contributed by atoms with E-state index in [0.29, 0.717) is 11.4 Å². The number of benzene rings is 1. The molecule has 0 radical (unpaired) electrons. The van der Waals surface area contributed by atoms with Crippen molar-refractivity contribution in [2.75, 3.05) is 0 Å². The molecule has 1 N–H and O–H groups in total. The highest BCUT2D eigenvalue weighted by Crippen LogP contribution is 2.30. The Morgan fingerprint density at radius 2 is 2.14 bits per heavy atom. The molecule has 0 bridgehead atoms. The van der Waals surface area contributed by atoms with Crippen LogP contribution in [-0.4, -0.2) is 5.91 Å². The molecule has 0 fully saturated rings. The van der Waals surface area contributed by atoms with Gasteiger partial charge in [-0.25, -0.2) is 0 Å². The van der Waals surface area contributed by atoms with Crippen LogP contribution in [0.2, 0.25) is 5.02 Å². The van der Waals surface area contributed by atoms with E-state index in [1.807, 2.05) is 32.0 Å². The van der Waals surface area contributed by atoms with E-state index in [4.69, 9.17) is 11.6 Å². The minimum Gasteiger partial charge on any atom is -0.347 e. The topological polar surface area (TPSA) is 29.1 Å². The predicted molar refractivity (Wildman–Crippen MR) is 56.3 cm³/mol. The second-order valence-corrected chi connectivity index (χ2v) is 4.59. The summed E-state index contributed by atoms with van der Waals surface area (Å²) < 4.78 is 0. The SMILES string of the molecule is CC1(C)NC(=O)Cc2cc(Cl)ccc21. The van der Waals surface area contributed by atoms with Gasteiger partial charge in [-0.2, -0.15) is 0 Å². The molecule has 0 spiro atoms. The maximum Gasteiger partial charge on any atom is 0.225 e. The molecule has 74 valence electrons. The van der Waals surface area contributed by atoms with Gasteiger partial charge in [0.2, 0.25) is 5.91 Å². The van der Waals surface area contributed by atoms with E-state index in [2.05, 4.69) is 5.32 Å². The smallest absolute Gasteiger partial charge is 0.225 e. The van der Waals surface area contributed by atoms with Crippen LogP contribution in [0.5, 0.6) is 0 Å². The summed E-state index contributed by atoms with van der Waals surface area (Å²) in [4.78, 5) is 11.4. The van der Waals surface area contributed by atoms with Gasteiger partial charge in [-0.15, -0.1) is 0 Å². The Kier molecular flexibility index (Phi) is 2.04. The van der Waals surface area contributed by atoms with Gasteiger partial charge in [0.25, 0.3) is 0 Å². The molecule has 1 aliphatic heterocycles. The van der Waals surface area contributed by atoms with Crippen molar-refractivity contribution in [3.63, 3.8) is 0 Å². The van der Waals surface area contributed by atoms with Gasteiger partial charge in [0, 0.05) is 5.02 Å². The number of rotatable bonds is 0. The first-order valence-electron chi connectivity index (χ1n) is 4.59.